The summed E-state index contributed by atoms with van der Waals surface area (Å²) in [6.07, 6.45) is 4.86. The smallest absolute Gasteiger partial charge is 0.265 e. The van der Waals surface area contributed by atoms with Crippen molar-refractivity contribution in [2.45, 2.75) is 24.3 Å². The van der Waals surface area contributed by atoms with Crippen LogP contribution in [-0.2, 0) is 10.2 Å². The number of rotatable bonds is 7. The van der Waals surface area contributed by atoms with Crippen molar-refractivity contribution in [3.63, 3.8) is 0 Å². The van der Waals surface area contributed by atoms with Gasteiger partial charge in [-0.2, -0.15) is 0 Å². The third kappa shape index (κ3) is 4.38. The zero-order valence-electron chi connectivity index (χ0n) is 16.1. The average molecular weight is 441 g/mol. The number of anilines is 1. The fourth-order valence-electron chi connectivity index (χ4n) is 3.32. The van der Waals surface area contributed by atoms with Crippen LogP contribution in [0.2, 0.25) is 5.02 Å². The van der Waals surface area contributed by atoms with Crippen molar-refractivity contribution in [3.8, 4) is 0 Å². The largest absolute Gasteiger partial charge is 0.353 e. The molecule has 4 rings (SSSR count). The van der Waals surface area contributed by atoms with Crippen LogP contribution < -0.4 is 16.4 Å². The summed E-state index contributed by atoms with van der Waals surface area (Å²) in [6.45, 7) is 0.306. The van der Waals surface area contributed by atoms with Crippen molar-refractivity contribution in [2.24, 2.45) is 5.73 Å². The molecular weight excluding hydrogens is 420 g/mol. The lowest BCUT2D eigenvalue weighted by Gasteiger charge is -2.18. The predicted molar refractivity (Wildman–Crippen MR) is 119 cm³/mol. The van der Waals surface area contributed by atoms with Crippen molar-refractivity contribution in [1.82, 2.24) is 10.3 Å². The summed E-state index contributed by atoms with van der Waals surface area (Å²) in [5, 5.41) is 6.45. The zero-order chi connectivity index (χ0) is 21.1. The van der Waals surface area contributed by atoms with Crippen LogP contribution >= 0.6 is 22.9 Å². The van der Waals surface area contributed by atoms with Crippen LogP contribution in [0.1, 0.15) is 39.0 Å². The lowest BCUT2D eigenvalue weighted by molar-refractivity contribution is -0.123. The molecule has 0 saturated heterocycles. The van der Waals surface area contributed by atoms with Gasteiger partial charge in [-0.3, -0.25) is 14.6 Å². The molecule has 1 atom stereocenters. The first-order valence-corrected chi connectivity index (χ1v) is 10.8. The monoisotopic (exact) mass is 440 g/mol. The first-order chi connectivity index (χ1) is 14.5. The third-order valence-electron chi connectivity index (χ3n) is 5.22. The Labute approximate surface area is 183 Å². The van der Waals surface area contributed by atoms with Gasteiger partial charge < -0.3 is 16.4 Å². The maximum Gasteiger partial charge on any atom is 0.265 e. The van der Waals surface area contributed by atoms with Crippen molar-refractivity contribution in [1.29, 1.82) is 0 Å². The number of carbonyl (C=O) groups excluding carboxylic acids is 2. The minimum Gasteiger partial charge on any atom is -0.353 e. The van der Waals surface area contributed by atoms with E-state index in [0.717, 1.165) is 23.3 Å². The van der Waals surface area contributed by atoms with Crippen molar-refractivity contribution in [2.75, 3.05) is 11.9 Å². The quantitative estimate of drug-likeness (QED) is 0.519. The molecule has 0 bridgehead atoms. The lowest BCUT2D eigenvalue weighted by Crippen LogP contribution is -2.38. The number of nitrogens with two attached hydrogens (primary N) is 1. The van der Waals surface area contributed by atoms with Gasteiger partial charge in [0.2, 0.25) is 5.91 Å². The van der Waals surface area contributed by atoms with Crippen LogP contribution in [0.5, 0.6) is 0 Å². The summed E-state index contributed by atoms with van der Waals surface area (Å²) in [5.41, 5.74) is 7.45. The standard InChI is InChI=1S/C22H21ClN4O2S/c23-15-3-1-14(2-4-15)22(9-10-22)21(29)26-13-17(24)18-5-6-19(30-18)20(28)27-16-7-11-25-12-8-16/h1-8,11-12,17H,9-10,13,24H2,(H,26,29)(H,25,27,28). The van der Waals surface area contributed by atoms with Gasteiger partial charge >= 0.3 is 0 Å². The number of halogens is 1. The fraction of sp³-hybridized carbons (Fsp3) is 0.227. The van der Waals surface area contributed by atoms with E-state index < -0.39 is 5.41 Å². The normalized spacial score (nSPS) is 15.3. The van der Waals surface area contributed by atoms with Crippen LogP contribution in [0.25, 0.3) is 0 Å². The molecule has 30 heavy (non-hydrogen) atoms. The number of hydrogen-bond acceptors (Lipinski definition) is 5. The van der Waals surface area contributed by atoms with Gasteiger partial charge in [-0.25, -0.2) is 0 Å². The molecule has 154 valence electrons. The van der Waals surface area contributed by atoms with E-state index in [1.165, 1.54) is 11.3 Å². The number of nitrogens with one attached hydrogen (secondary N) is 2. The van der Waals surface area contributed by atoms with Crippen LogP contribution in [0.3, 0.4) is 0 Å². The molecule has 1 aromatic carbocycles. The van der Waals surface area contributed by atoms with Gasteiger partial charge in [0.1, 0.15) is 0 Å². The minimum absolute atomic E-state index is 0.0208. The number of hydrogen-bond donors (Lipinski definition) is 3. The first kappa shape index (κ1) is 20.5. The molecule has 8 heteroatoms. The van der Waals surface area contributed by atoms with Crippen molar-refractivity contribution < 1.29 is 9.59 Å². The highest BCUT2D eigenvalue weighted by Gasteiger charge is 2.51. The molecule has 0 spiro atoms. The van der Waals surface area contributed by atoms with E-state index in [4.69, 9.17) is 17.3 Å². The Kier molecular flexibility index (Phi) is 5.85. The van der Waals surface area contributed by atoms with E-state index in [1.54, 1.807) is 42.7 Å². The van der Waals surface area contributed by atoms with Crippen molar-refractivity contribution >= 4 is 40.4 Å². The number of amides is 2. The highest BCUT2D eigenvalue weighted by atomic mass is 35.5. The predicted octanol–water partition coefficient (Wildman–Crippen LogP) is 3.90. The summed E-state index contributed by atoms with van der Waals surface area (Å²) in [4.78, 5) is 30.5. The number of carbonyl (C=O) groups is 2. The second-order valence-electron chi connectivity index (χ2n) is 7.30. The Hall–Kier alpha value is -2.74. The maximum absolute atomic E-state index is 12.8. The van der Waals surface area contributed by atoms with Crippen LogP contribution in [0, 0.1) is 0 Å². The van der Waals surface area contributed by atoms with E-state index in [2.05, 4.69) is 15.6 Å². The average Bonchev–Trinajstić information content (AvgIpc) is 3.41. The molecule has 0 aliphatic heterocycles. The molecule has 6 nitrogen and oxygen atoms in total. The third-order valence-corrected chi connectivity index (χ3v) is 6.69. The van der Waals surface area contributed by atoms with Gasteiger partial charge in [-0.05, 0) is 54.8 Å². The molecule has 0 radical (unpaired) electrons. The molecule has 1 aliphatic rings. The molecule has 1 aliphatic carbocycles. The Bertz CT molecular complexity index is 1050. The minimum atomic E-state index is -0.477. The van der Waals surface area contributed by atoms with Gasteiger partial charge in [0.05, 0.1) is 16.3 Å². The van der Waals surface area contributed by atoms with Crippen LogP contribution in [-0.4, -0.2) is 23.3 Å². The van der Waals surface area contributed by atoms with Gasteiger partial charge in [0, 0.05) is 34.5 Å². The second kappa shape index (κ2) is 8.55. The number of pyridine rings is 1. The molecule has 2 aromatic heterocycles. The number of aromatic nitrogens is 1. The van der Waals surface area contributed by atoms with E-state index >= 15 is 0 Å². The molecule has 4 N–H and O–H groups in total. The molecule has 2 heterocycles. The van der Waals surface area contributed by atoms with E-state index in [-0.39, 0.29) is 17.9 Å². The number of benzene rings is 1. The molecular formula is C22H21ClN4O2S. The highest BCUT2D eigenvalue weighted by Crippen LogP contribution is 2.48. The SMILES string of the molecule is NC(CNC(=O)C1(c2ccc(Cl)cc2)CC1)c1ccc(C(=O)Nc2ccncc2)s1. The number of nitrogens with zero attached hydrogens (tertiary/aromatic N) is 1. The van der Waals surface area contributed by atoms with Crippen LogP contribution in [0.4, 0.5) is 5.69 Å². The van der Waals surface area contributed by atoms with Gasteiger partial charge in [0.25, 0.3) is 5.91 Å². The second-order valence-corrected chi connectivity index (χ2v) is 8.85. The fourth-order valence-corrected chi connectivity index (χ4v) is 4.35. The van der Waals surface area contributed by atoms with Gasteiger partial charge in [-0.1, -0.05) is 23.7 Å². The first-order valence-electron chi connectivity index (χ1n) is 9.59. The summed E-state index contributed by atoms with van der Waals surface area (Å²) >= 11 is 7.28. The molecule has 2 amide bonds. The lowest BCUT2D eigenvalue weighted by atomic mass is 9.95. The summed E-state index contributed by atoms with van der Waals surface area (Å²) < 4.78 is 0. The molecule has 1 fully saturated rings. The Balaban J connectivity index is 1.34. The molecule has 3 aromatic rings. The Morgan fingerprint density at radius 2 is 1.80 bits per heavy atom. The zero-order valence-corrected chi connectivity index (χ0v) is 17.7. The van der Waals surface area contributed by atoms with E-state index in [0.29, 0.717) is 22.1 Å². The maximum atomic E-state index is 12.8. The molecule has 1 saturated carbocycles. The Morgan fingerprint density at radius 1 is 1.10 bits per heavy atom. The van der Waals surface area contributed by atoms with E-state index in [9.17, 15) is 9.59 Å². The summed E-state index contributed by atoms with van der Waals surface area (Å²) in [5.74, 6) is -0.221. The van der Waals surface area contributed by atoms with Gasteiger partial charge in [0.15, 0.2) is 0 Å². The molecule has 1 unspecified atom stereocenters. The van der Waals surface area contributed by atoms with Crippen LogP contribution in [0.15, 0.2) is 60.9 Å². The van der Waals surface area contributed by atoms with Gasteiger partial charge in [-0.15, -0.1) is 11.3 Å². The van der Waals surface area contributed by atoms with Crippen molar-refractivity contribution in [3.05, 3.63) is 81.3 Å². The highest BCUT2D eigenvalue weighted by molar-refractivity contribution is 7.14. The Morgan fingerprint density at radius 3 is 2.47 bits per heavy atom. The summed E-state index contributed by atoms with van der Waals surface area (Å²) in [6, 6.07) is 14.1. The van der Waals surface area contributed by atoms with E-state index in [1.807, 2.05) is 18.2 Å². The summed E-state index contributed by atoms with van der Waals surface area (Å²) in [7, 11) is 0. The number of thiophene rings is 1. The topological polar surface area (TPSA) is 97.1 Å².